The molecule has 0 radical (unpaired) electrons. The molecule has 1 aliphatic rings. The molecule has 0 spiro atoms. The Hall–Kier alpha value is -1.06. The predicted octanol–water partition coefficient (Wildman–Crippen LogP) is 1.92. The molecule has 1 aromatic carbocycles. The van der Waals surface area contributed by atoms with Gasteiger partial charge in [-0.1, -0.05) is 13.0 Å². The number of hydrogen-bond donors (Lipinski definition) is 3. The van der Waals surface area contributed by atoms with Crippen molar-refractivity contribution in [2.45, 2.75) is 32.8 Å². The smallest absolute Gasteiger partial charge is 0.118 e. The fraction of sp³-hybridized carbons (Fsp3) is 0.571. The molecule has 0 fully saturated rings. The molecule has 3 N–H and O–H groups in total. The summed E-state index contributed by atoms with van der Waals surface area (Å²) in [4.78, 5) is 0. The minimum Gasteiger partial charge on any atom is -0.508 e. The molecule has 0 unspecified atom stereocenters. The van der Waals surface area contributed by atoms with Crippen LogP contribution in [0.2, 0.25) is 0 Å². The molecule has 0 saturated heterocycles. The highest BCUT2D eigenvalue weighted by molar-refractivity contribution is 5.45. The summed E-state index contributed by atoms with van der Waals surface area (Å²) in [5.41, 5.74) is 2.84. The molecule has 0 aromatic heterocycles. The monoisotopic (exact) mass is 236 g/mol. The number of phenols is 1. The van der Waals surface area contributed by atoms with Crippen LogP contribution in [0.25, 0.3) is 0 Å². The molecular formula is C14H20O3. The minimum absolute atomic E-state index is 0.143. The molecule has 3 atom stereocenters. The first-order valence-electron chi connectivity index (χ1n) is 6.14. The maximum absolute atomic E-state index is 10.1. The van der Waals surface area contributed by atoms with Gasteiger partial charge in [-0.3, -0.25) is 0 Å². The van der Waals surface area contributed by atoms with Gasteiger partial charge in [-0.25, -0.2) is 0 Å². The lowest BCUT2D eigenvalue weighted by Crippen LogP contribution is -2.26. The molecular weight excluding hydrogens is 216 g/mol. The van der Waals surface area contributed by atoms with Crippen molar-refractivity contribution in [2.75, 3.05) is 6.61 Å². The SMILES string of the molecule is Cc1c(O)ccc2c1C[C@@H]([C@H](C)CO)C[C@@H]2O. The summed E-state index contributed by atoms with van der Waals surface area (Å²) in [6.45, 7) is 4.03. The van der Waals surface area contributed by atoms with E-state index in [9.17, 15) is 15.3 Å². The summed E-state index contributed by atoms with van der Waals surface area (Å²) in [6, 6.07) is 3.45. The average molecular weight is 236 g/mol. The normalized spacial score (nSPS) is 25.4. The Balaban J connectivity index is 2.37. The van der Waals surface area contributed by atoms with Gasteiger partial charge in [-0.15, -0.1) is 0 Å². The highest BCUT2D eigenvalue weighted by Gasteiger charge is 2.30. The van der Waals surface area contributed by atoms with Gasteiger partial charge in [0.05, 0.1) is 6.10 Å². The van der Waals surface area contributed by atoms with E-state index in [4.69, 9.17) is 0 Å². The van der Waals surface area contributed by atoms with Gasteiger partial charge < -0.3 is 15.3 Å². The van der Waals surface area contributed by atoms with Gasteiger partial charge in [0.15, 0.2) is 0 Å². The minimum atomic E-state index is -0.475. The zero-order valence-electron chi connectivity index (χ0n) is 10.3. The number of fused-ring (bicyclic) bond motifs is 1. The second kappa shape index (κ2) is 4.67. The van der Waals surface area contributed by atoms with E-state index in [1.54, 1.807) is 6.07 Å². The fourth-order valence-corrected chi connectivity index (χ4v) is 2.69. The standard InChI is InChI=1S/C14H20O3/c1-8(7-15)10-5-12-9(2)13(16)4-3-11(12)14(17)6-10/h3-4,8,10,14-17H,5-7H2,1-2H3/t8-,10-,14+/m1/s1. The third-order valence-electron chi connectivity index (χ3n) is 4.05. The molecule has 94 valence electrons. The fourth-order valence-electron chi connectivity index (χ4n) is 2.69. The zero-order chi connectivity index (χ0) is 12.6. The van der Waals surface area contributed by atoms with E-state index in [0.29, 0.717) is 6.42 Å². The number of aromatic hydroxyl groups is 1. The van der Waals surface area contributed by atoms with Crippen molar-refractivity contribution in [3.05, 3.63) is 28.8 Å². The molecule has 2 rings (SSSR count). The summed E-state index contributed by atoms with van der Waals surface area (Å²) in [6.07, 6.45) is 1.05. The van der Waals surface area contributed by atoms with Crippen molar-refractivity contribution in [3.8, 4) is 5.75 Å². The van der Waals surface area contributed by atoms with Gasteiger partial charge in [0.1, 0.15) is 5.75 Å². The molecule has 0 bridgehead atoms. The van der Waals surface area contributed by atoms with Gasteiger partial charge in [-0.05, 0) is 54.4 Å². The predicted molar refractivity (Wildman–Crippen MR) is 65.9 cm³/mol. The third kappa shape index (κ3) is 2.17. The molecule has 3 nitrogen and oxygen atoms in total. The first kappa shape index (κ1) is 12.4. The number of rotatable bonds is 2. The maximum atomic E-state index is 10.1. The van der Waals surface area contributed by atoms with E-state index in [-0.39, 0.29) is 24.2 Å². The quantitative estimate of drug-likeness (QED) is 0.735. The van der Waals surface area contributed by atoms with E-state index >= 15 is 0 Å². The number of benzene rings is 1. The van der Waals surface area contributed by atoms with Crippen molar-refractivity contribution in [1.82, 2.24) is 0 Å². The second-order valence-electron chi connectivity index (χ2n) is 5.15. The largest absolute Gasteiger partial charge is 0.508 e. The second-order valence-corrected chi connectivity index (χ2v) is 5.15. The van der Waals surface area contributed by atoms with Crippen molar-refractivity contribution in [1.29, 1.82) is 0 Å². The Morgan fingerprint density at radius 3 is 2.76 bits per heavy atom. The zero-order valence-corrected chi connectivity index (χ0v) is 10.3. The Kier molecular flexibility index (Phi) is 3.40. The van der Waals surface area contributed by atoms with Crippen LogP contribution in [0.1, 0.15) is 36.1 Å². The summed E-state index contributed by atoms with van der Waals surface area (Å²) in [5, 5.41) is 29.1. The highest BCUT2D eigenvalue weighted by Crippen LogP contribution is 2.39. The topological polar surface area (TPSA) is 60.7 Å². The van der Waals surface area contributed by atoms with Crippen LogP contribution in [-0.2, 0) is 6.42 Å². The van der Waals surface area contributed by atoms with Gasteiger partial charge in [0.25, 0.3) is 0 Å². The third-order valence-corrected chi connectivity index (χ3v) is 4.05. The van der Waals surface area contributed by atoms with Crippen LogP contribution >= 0.6 is 0 Å². The molecule has 0 heterocycles. The molecule has 1 aliphatic carbocycles. The van der Waals surface area contributed by atoms with E-state index in [1.165, 1.54) is 0 Å². The number of aliphatic hydroxyl groups excluding tert-OH is 2. The summed E-state index contributed by atoms with van der Waals surface area (Å²) >= 11 is 0. The lowest BCUT2D eigenvalue weighted by molar-refractivity contribution is 0.0941. The van der Waals surface area contributed by atoms with Crippen molar-refractivity contribution in [2.24, 2.45) is 11.8 Å². The molecule has 1 aromatic rings. The first-order chi connectivity index (χ1) is 8.04. The summed E-state index contributed by atoms with van der Waals surface area (Å²) in [7, 11) is 0. The molecule has 3 heteroatoms. The molecule has 0 amide bonds. The molecule has 0 aliphatic heterocycles. The van der Waals surface area contributed by atoms with Crippen LogP contribution < -0.4 is 0 Å². The van der Waals surface area contributed by atoms with Crippen LogP contribution in [-0.4, -0.2) is 21.9 Å². The highest BCUT2D eigenvalue weighted by atomic mass is 16.3. The van der Waals surface area contributed by atoms with Crippen LogP contribution in [0.4, 0.5) is 0 Å². The Morgan fingerprint density at radius 1 is 1.41 bits per heavy atom. The van der Waals surface area contributed by atoms with Crippen molar-refractivity contribution >= 4 is 0 Å². The number of aliphatic hydroxyl groups is 2. The van der Waals surface area contributed by atoms with Crippen LogP contribution in [0.15, 0.2) is 12.1 Å². The number of phenolic OH excluding ortho intramolecular Hbond substituents is 1. The maximum Gasteiger partial charge on any atom is 0.118 e. The Labute approximate surface area is 102 Å². The van der Waals surface area contributed by atoms with E-state index < -0.39 is 6.10 Å². The Bertz CT molecular complexity index is 414. The number of hydrogen-bond acceptors (Lipinski definition) is 3. The summed E-state index contributed by atoms with van der Waals surface area (Å²) < 4.78 is 0. The van der Waals surface area contributed by atoms with Crippen LogP contribution in [0.3, 0.4) is 0 Å². The van der Waals surface area contributed by atoms with Crippen molar-refractivity contribution < 1.29 is 15.3 Å². The summed E-state index contributed by atoms with van der Waals surface area (Å²) in [5.74, 6) is 0.746. The van der Waals surface area contributed by atoms with Crippen LogP contribution in [0, 0.1) is 18.8 Å². The van der Waals surface area contributed by atoms with Crippen molar-refractivity contribution in [3.63, 3.8) is 0 Å². The van der Waals surface area contributed by atoms with E-state index in [0.717, 1.165) is 23.1 Å². The van der Waals surface area contributed by atoms with Gasteiger partial charge >= 0.3 is 0 Å². The molecule has 0 saturated carbocycles. The molecule has 17 heavy (non-hydrogen) atoms. The first-order valence-corrected chi connectivity index (χ1v) is 6.14. The van der Waals surface area contributed by atoms with E-state index in [2.05, 4.69) is 0 Å². The lowest BCUT2D eigenvalue weighted by atomic mass is 9.75. The van der Waals surface area contributed by atoms with Gasteiger partial charge in [0, 0.05) is 6.61 Å². The van der Waals surface area contributed by atoms with E-state index in [1.807, 2.05) is 19.9 Å². The lowest BCUT2D eigenvalue weighted by Gasteiger charge is -2.33. The van der Waals surface area contributed by atoms with Gasteiger partial charge in [0.2, 0.25) is 0 Å². The van der Waals surface area contributed by atoms with Gasteiger partial charge in [-0.2, -0.15) is 0 Å². The Morgan fingerprint density at radius 2 is 2.12 bits per heavy atom. The average Bonchev–Trinajstić information content (AvgIpc) is 2.33. The van der Waals surface area contributed by atoms with Crippen LogP contribution in [0.5, 0.6) is 5.75 Å².